The zero-order valence-corrected chi connectivity index (χ0v) is 9.23. The predicted octanol–water partition coefficient (Wildman–Crippen LogP) is 1.52. The third kappa shape index (κ3) is 1.32. The summed E-state index contributed by atoms with van der Waals surface area (Å²) in [6, 6.07) is 1.37. The third-order valence-corrected chi connectivity index (χ3v) is 2.63. The molecule has 5 heteroatoms. The summed E-state index contributed by atoms with van der Waals surface area (Å²) in [5.74, 6) is -0.0903. The van der Waals surface area contributed by atoms with Crippen LogP contribution in [0.15, 0.2) is 6.07 Å². The molecule has 1 aliphatic heterocycles. The van der Waals surface area contributed by atoms with E-state index in [4.69, 9.17) is 14.2 Å². The number of esters is 1. The summed E-state index contributed by atoms with van der Waals surface area (Å²) in [4.78, 5) is 11.5. The van der Waals surface area contributed by atoms with Gasteiger partial charge in [-0.25, -0.2) is 4.79 Å². The van der Waals surface area contributed by atoms with Crippen LogP contribution in [0.4, 0.5) is 0 Å². The number of benzene rings is 1. The fourth-order valence-electron chi connectivity index (χ4n) is 1.81. The molecule has 0 amide bonds. The molecule has 1 aromatic carbocycles. The molecule has 0 unspecified atom stereocenters. The summed E-state index contributed by atoms with van der Waals surface area (Å²) in [7, 11) is 2.91. The van der Waals surface area contributed by atoms with E-state index in [-0.39, 0.29) is 11.3 Å². The van der Waals surface area contributed by atoms with Gasteiger partial charge in [0.05, 0.1) is 18.2 Å². The van der Waals surface area contributed by atoms with Gasteiger partial charge in [0, 0.05) is 12.7 Å². The van der Waals surface area contributed by atoms with Gasteiger partial charge < -0.3 is 19.3 Å². The number of carbonyl (C=O) groups excluding carboxylic acids is 1. The molecule has 1 heterocycles. The Hall–Kier alpha value is -1.75. The maximum Gasteiger partial charge on any atom is 0.341 e. The van der Waals surface area contributed by atoms with Crippen LogP contribution in [0, 0.1) is 6.92 Å². The number of aromatic hydroxyl groups is 1. The molecular weight excluding hydrogens is 212 g/mol. The molecule has 0 radical (unpaired) electrons. The Morgan fingerprint density at radius 3 is 2.69 bits per heavy atom. The van der Waals surface area contributed by atoms with Gasteiger partial charge in [-0.15, -0.1) is 0 Å². The number of phenols is 1. The molecule has 5 nitrogen and oxygen atoms in total. The second-order valence-corrected chi connectivity index (χ2v) is 3.49. The Kier molecular flexibility index (Phi) is 2.47. The molecule has 0 spiro atoms. The molecule has 1 aromatic rings. The van der Waals surface area contributed by atoms with Gasteiger partial charge >= 0.3 is 5.97 Å². The average molecular weight is 224 g/mol. The highest BCUT2D eigenvalue weighted by Gasteiger charge is 2.36. The van der Waals surface area contributed by atoms with Gasteiger partial charge in [0.25, 0.3) is 0 Å². The van der Waals surface area contributed by atoms with Gasteiger partial charge in [0.1, 0.15) is 11.5 Å². The van der Waals surface area contributed by atoms with E-state index in [0.717, 1.165) is 0 Å². The largest absolute Gasteiger partial charge is 0.508 e. The van der Waals surface area contributed by atoms with Crippen LogP contribution in [-0.4, -0.2) is 25.3 Å². The molecule has 1 aliphatic rings. The van der Waals surface area contributed by atoms with E-state index in [0.29, 0.717) is 16.9 Å². The van der Waals surface area contributed by atoms with Crippen molar-refractivity contribution in [2.45, 2.75) is 13.2 Å². The lowest BCUT2D eigenvalue weighted by molar-refractivity contribution is -0.0823. The van der Waals surface area contributed by atoms with Crippen molar-refractivity contribution in [3.63, 3.8) is 0 Å². The lowest BCUT2D eigenvalue weighted by Gasteiger charge is -2.14. The first kappa shape index (κ1) is 10.8. The normalized spacial score (nSPS) is 18.2. The standard InChI is InChI=1S/C11H12O5/c1-5-7(12)4-6-8(9(5)14-2)11(15-3)16-10(6)13/h4,11-12H,1-3H3/t11-/m1/s1. The highest BCUT2D eigenvalue weighted by atomic mass is 16.7. The molecule has 0 saturated heterocycles. The number of methoxy groups -OCH3 is 2. The second kappa shape index (κ2) is 3.68. The number of hydrogen-bond donors (Lipinski definition) is 1. The molecular formula is C11H12O5. The number of carbonyl (C=O) groups is 1. The molecule has 16 heavy (non-hydrogen) atoms. The van der Waals surface area contributed by atoms with E-state index >= 15 is 0 Å². The fourth-order valence-corrected chi connectivity index (χ4v) is 1.81. The zero-order valence-electron chi connectivity index (χ0n) is 9.23. The molecule has 0 fully saturated rings. The minimum atomic E-state index is -0.767. The maximum atomic E-state index is 11.5. The summed E-state index contributed by atoms with van der Waals surface area (Å²) in [6.45, 7) is 1.70. The van der Waals surface area contributed by atoms with Crippen molar-refractivity contribution in [1.29, 1.82) is 0 Å². The van der Waals surface area contributed by atoms with Gasteiger partial charge in [0.2, 0.25) is 6.29 Å². The van der Waals surface area contributed by atoms with Crippen LogP contribution in [0.25, 0.3) is 0 Å². The molecule has 0 aromatic heterocycles. The summed E-state index contributed by atoms with van der Waals surface area (Å²) in [5.41, 5.74) is 1.37. The number of phenolic OH excluding ortho intramolecular Hbond substituents is 1. The van der Waals surface area contributed by atoms with Crippen molar-refractivity contribution in [3.8, 4) is 11.5 Å². The van der Waals surface area contributed by atoms with E-state index in [1.54, 1.807) is 6.92 Å². The Bertz CT molecular complexity index is 452. The zero-order chi connectivity index (χ0) is 11.9. The summed E-state index contributed by atoms with van der Waals surface area (Å²) < 4.78 is 15.2. The van der Waals surface area contributed by atoms with E-state index in [1.807, 2.05) is 0 Å². The number of rotatable bonds is 2. The monoisotopic (exact) mass is 224 g/mol. The molecule has 1 atom stereocenters. The van der Waals surface area contributed by atoms with Crippen molar-refractivity contribution in [3.05, 3.63) is 22.8 Å². The van der Waals surface area contributed by atoms with Crippen LogP contribution < -0.4 is 4.74 Å². The summed E-state index contributed by atoms with van der Waals surface area (Å²) in [6.07, 6.45) is -0.767. The second-order valence-electron chi connectivity index (χ2n) is 3.49. The molecule has 0 bridgehead atoms. The molecule has 2 rings (SSSR count). The smallest absolute Gasteiger partial charge is 0.341 e. The quantitative estimate of drug-likeness (QED) is 0.771. The molecule has 1 N–H and O–H groups in total. The number of hydrogen-bond acceptors (Lipinski definition) is 5. The van der Waals surface area contributed by atoms with Crippen LogP contribution in [0.2, 0.25) is 0 Å². The predicted molar refractivity (Wildman–Crippen MR) is 54.6 cm³/mol. The van der Waals surface area contributed by atoms with Crippen molar-refractivity contribution in [2.75, 3.05) is 14.2 Å². The number of cyclic esters (lactones) is 1. The third-order valence-electron chi connectivity index (χ3n) is 2.63. The Labute approximate surface area is 92.5 Å². The Morgan fingerprint density at radius 1 is 1.44 bits per heavy atom. The van der Waals surface area contributed by atoms with Gasteiger partial charge in [-0.05, 0) is 13.0 Å². The van der Waals surface area contributed by atoms with E-state index < -0.39 is 12.3 Å². The summed E-state index contributed by atoms with van der Waals surface area (Å²) >= 11 is 0. The van der Waals surface area contributed by atoms with Crippen molar-refractivity contribution in [1.82, 2.24) is 0 Å². The van der Waals surface area contributed by atoms with E-state index in [2.05, 4.69) is 0 Å². The highest BCUT2D eigenvalue weighted by molar-refractivity contribution is 5.95. The Morgan fingerprint density at radius 2 is 2.12 bits per heavy atom. The topological polar surface area (TPSA) is 65.0 Å². The van der Waals surface area contributed by atoms with Crippen molar-refractivity contribution >= 4 is 5.97 Å². The molecule has 86 valence electrons. The van der Waals surface area contributed by atoms with Crippen LogP contribution in [0.1, 0.15) is 27.8 Å². The lowest BCUT2D eigenvalue weighted by atomic mass is 10.0. The summed E-state index contributed by atoms with van der Waals surface area (Å²) in [5, 5.41) is 9.64. The number of fused-ring (bicyclic) bond motifs is 1. The van der Waals surface area contributed by atoms with Crippen molar-refractivity contribution < 1.29 is 24.1 Å². The molecule has 0 aliphatic carbocycles. The lowest BCUT2D eigenvalue weighted by Crippen LogP contribution is -2.02. The average Bonchev–Trinajstić information content (AvgIpc) is 2.58. The van der Waals surface area contributed by atoms with Gasteiger partial charge in [-0.3, -0.25) is 0 Å². The van der Waals surface area contributed by atoms with E-state index in [9.17, 15) is 9.90 Å². The van der Waals surface area contributed by atoms with Gasteiger partial charge in [-0.2, -0.15) is 0 Å². The minimum Gasteiger partial charge on any atom is -0.508 e. The van der Waals surface area contributed by atoms with Crippen LogP contribution in [-0.2, 0) is 9.47 Å². The Balaban J connectivity index is 2.70. The van der Waals surface area contributed by atoms with Crippen LogP contribution in [0.3, 0.4) is 0 Å². The fraction of sp³-hybridized carbons (Fsp3) is 0.364. The van der Waals surface area contributed by atoms with Gasteiger partial charge in [0.15, 0.2) is 0 Å². The highest BCUT2D eigenvalue weighted by Crippen LogP contribution is 2.43. The first-order chi connectivity index (χ1) is 7.60. The molecule has 0 saturated carbocycles. The maximum absolute atomic E-state index is 11.5. The number of ether oxygens (including phenoxy) is 3. The SMILES string of the molecule is COc1c(C)c(O)cc2c1[C@H](OC)OC2=O. The van der Waals surface area contributed by atoms with Gasteiger partial charge in [-0.1, -0.05) is 0 Å². The minimum absolute atomic E-state index is 0.00398. The van der Waals surface area contributed by atoms with E-state index in [1.165, 1.54) is 20.3 Å². The van der Waals surface area contributed by atoms with Crippen molar-refractivity contribution in [2.24, 2.45) is 0 Å². The first-order valence-corrected chi connectivity index (χ1v) is 4.74. The first-order valence-electron chi connectivity index (χ1n) is 4.74. The van der Waals surface area contributed by atoms with Crippen LogP contribution >= 0.6 is 0 Å². The van der Waals surface area contributed by atoms with Crippen LogP contribution in [0.5, 0.6) is 11.5 Å².